The summed E-state index contributed by atoms with van der Waals surface area (Å²) < 4.78 is 5.26. The zero-order valence-electron chi connectivity index (χ0n) is 15.2. The van der Waals surface area contributed by atoms with Gasteiger partial charge < -0.3 is 15.8 Å². The van der Waals surface area contributed by atoms with Crippen molar-refractivity contribution in [3.05, 3.63) is 71.3 Å². The standard InChI is InChI=1S/C21H23N3O.HI/c1-14-4-8-19(10-15(14)2)24-21(22)23-13-16-5-6-18-12-20(25-3)9-7-17(18)11-16;/h4-12H,13H2,1-3H3,(H3,22,23,24);1H. The number of anilines is 1. The predicted molar refractivity (Wildman–Crippen MR) is 121 cm³/mol. The second-order valence-electron chi connectivity index (χ2n) is 6.17. The molecule has 26 heavy (non-hydrogen) atoms. The molecule has 0 aliphatic rings. The summed E-state index contributed by atoms with van der Waals surface area (Å²) in [4.78, 5) is 4.44. The third-order valence-corrected chi connectivity index (χ3v) is 4.32. The van der Waals surface area contributed by atoms with Gasteiger partial charge in [-0.25, -0.2) is 4.99 Å². The van der Waals surface area contributed by atoms with Crippen LogP contribution in [0.4, 0.5) is 5.69 Å². The Hall–Kier alpha value is -2.28. The van der Waals surface area contributed by atoms with Crippen LogP contribution in [-0.2, 0) is 6.54 Å². The molecule has 3 rings (SSSR count). The Labute approximate surface area is 171 Å². The molecule has 5 heteroatoms. The second kappa shape index (κ2) is 8.89. The van der Waals surface area contributed by atoms with Crippen LogP contribution in [0.3, 0.4) is 0 Å². The number of aliphatic imine (C=N–C) groups is 1. The lowest BCUT2D eigenvalue weighted by Crippen LogP contribution is -2.22. The molecule has 0 saturated heterocycles. The van der Waals surface area contributed by atoms with Gasteiger partial charge in [0.25, 0.3) is 0 Å². The molecule has 136 valence electrons. The SMILES string of the molecule is COc1ccc2cc(CN=C(N)Nc3ccc(C)c(C)c3)ccc2c1.I. The number of hydrogen-bond acceptors (Lipinski definition) is 2. The Bertz CT molecular complexity index is 938. The average Bonchev–Trinajstić information content (AvgIpc) is 2.62. The van der Waals surface area contributed by atoms with Crippen molar-refractivity contribution < 1.29 is 4.74 Å². The van der Waals surface area contributed by atoms with Crippen LogP contribution in [-0.4, -0.2) is 13.1 Å². The second-order valence-corrected chi connectivity index (χ2v) is 6.17. The first-order valence-electron chi connectivity index (χ1n) is 8.26. The molecule has 3 aromatic rings. The Kier molecular flexibility index (Phi) is 6.85. The van der Waals surface area contributed by atoms with Crippen molar-refractivity contribution in [2.24, 2.45) is 10.7 Å². The fraction of sp³-hybridized carbons (Fsp3) is 0.190. The van der Waals surface area contributed by atoms with Crippen molar-refractivity contribution >= 4 is 46.4 Å². The number of guanidine groups is 1. The van der Waals surface area contributed by atoms with Gasteiger partial charge in [0, 0.05) is 5.69 Å². The average molecular weight is 461 g/mol. The van der Waals surface area contributed by atoms with Gasteiger partial charge in [-0.3, -0.25) is 0 Å². The molecule has 0 saturated carbocycles. The van der Waals surface area contributed by atoms with Gasteiger partial charge in [0.15, 0.2) is 5.96 Å². The molecule has 0 spiro atoms. The first kappa shape index (κ1) is 20.0. The van der Waals surface area contributed by atoms with E-state index in [9.17, 15) is 0 Å². The minimum atomic E-state index is 0. The highest BCUT2D eigenvalue weighted by atomic mass is 127. The van der Waals surface area contributed by atoms with E-state index in [0.29, 0.717) is 12.5 Å². The van der Waals surface area contributed by atoms with Crippen LogP contribution in [0.5, 0.6) is 5.75 Å². The lowest BCUT2D eigenvalue weighted by molar-refractivity contribution is 0.415. The molecule has 0 bridgehead atoms. The van der Waals surface area contributed by atoms with Gasteiger partial charge in [0.1, 0.15) is 5.75 Å². The lowest BCUT2D eigenvalue weighted by Gasteiger charge is -2.08. The summed E-state index contributed by atoms with van der Waals surface area (Å²) in [6.07, 6.45) is 0. The summed E-state index contributed by atoms with van der Waals surface area (Å²) in [5.74, 6) is 1.28. The summed E-state index contributed by atoms with van der Waals surface area (Å²) in [5, 5.41) is 5.45. The monoisotopic (exact) mass is 461 g/mol. The molecular weight excluding hydrogens is 437 g/mol. The molecule has 3 aromatic carbocycles. The van der Waals surface area contributed by atoms with E-state index >= 15 is 0 Å². The van der Waals surface area contributed by atoms with E-state index in [-0.39, 0.29) is 24.0 Å². The molecule has 0 aliphatic heterocycles. The van der Waals surface area contributed by atoms with E-state index < -0.39 is 0 Å². The van der Waals surface area contributed by atoms with E-state index in [2.05, 4.69) is 60.6 Å². The normalized spacial score (nSPS) is 11.1. The minimum absolute atomic E-state index is 0. The van der Waals surface area contributed by atoms with Crippen molar-refractivity contribution in [2.45, 2.75) is 20.4 Å². The maximum Gasteiger partial charge on any atom is 0.193 e. The summed E-state index contributed by atoms with van der Waals surface area (Å²) in [6, 6.07) is 18.5. The number of ether oxygens (including phenoxy) is 1. The largest absolute Gasteiger partial charge is 0.497 e. The number of nitrogens with zero attached hydrogens (tertiary/aromatic N) is 1. The number of rotatable bonds is 4. The minimum Gasteiger partial charge on any atom is -0.497 e. The molecule has 0 aliphatic carbocycles. The maximum atomic E-state index is 6.01. The molecule has 0 radical (unpaired) electrons. The smallest absolute Gasteiger partial charge is 0.193 e. The fourth-order valence-corrected chi connectivity index (χ4v) is 2.68. The number of fused-ring (bicyclic) bond motifs is 1. The number of hydrogen-bond donors (Lipinski definition) is 2. The van der Waals surface area contributed by atoms with E-state index in [1.165, 1.54) is 11.1 Å². The van der Waals surface area contributed by atoms with Crippen LogP contribution >= 0.6 is 24.0 Å². The Morgan fingerprint density at radius 2 is 1.69 bits per heavy atom. The highest BCUT2D eigenvalue weighted by Crippen LogP contribution is 2.22. The van der Waals surface area contributed by atoms with Gasteiger partial charge in [-0.05, 0) is 71.6 Å². The molecule has 0 aromatic heterocycles. The number of nitrogens with two attached hydrogens (primary N) is 1. The molecule has 4 nitrogen and oxygen atoms in total. The molecule has 0 heterocycles. The van der Waals surface area contributed by atoms with Crippen molar-refractivity contribution in [3.8, 4) is 5.75 Å². The van der Waals surface area contributed by atoms with Crippen LogP contribution in [0.2, 0.25) is 0 Å². The quantitative estimate of drug-likeness (QED) is 0.326. The number of methoxy groups -OCH3 is 1. The van der Waals surface area contributed by atoms with E-state index in [0.717, 1.165) is 27.8 Å². The van der Waals surface area contributed by atoms with E-state index in [1.54, 1.807) is 7.11 Å². The number of halogens is 1. The Balaban J connectivity index is 0.00000243. The Morgan fingerprint density at radius 3 is 2.42 bits per heavy atom. The van der Waals surface area contributed by atoms with E-state index in [4.69, 9.17) is 10.5 Å². The number of benzene rings is 3. The topological polar surface area (TPSA) is 59.6 Å². The third kappa shape index (κ3) is 4.88. The first-order valence-corrected chi connectivity index (χ1v) is 8.26. The van der Waals surface area contributed by atoms with Gasteiger partial charge in [-0.1, -0.05) is 24.3 Å². The van der Waals surface area contributed by atoms with Crippen LogP contribution in [0.25, 0.3) is 10.8 Å². The summed E-state index contributed by atoms with van der Waals surface area (Å²) >= 11 is 0. The van der Waals surface area contributed by atoms with Gasteiger partial charge >= 0.3 is 0 Å². The predicted octanol–water partition coefficient (Wildman–Crippen LogP) is 5.01. The molecule has 0 amide bonds. The van der Waals surface area contributed by atoms with E-state index in [1.807, 2.05) is 18.2 Å². The molecule has 0 atom stereocenters. The van der Waals surface area contributed by atoms with Crippen LogP contribution in [0.15, 0.2) is 59.6 Å². The number of nitrogens with one attached hydrogen (secondary N) is 1. The maximum absolute atomic E-state index is 6.01. The highest BCUT2D eigenvalue weighted by Gasteiger charge is 2.01. The van der Waals surface area contributed by atoms with Crippen molar-refractivity contribution in [1.29, 1.82) is 0 Å². The van der Waals surface area contributed by atoms with Gasteiger partial charge in [0.2, 0.25) is 0 Å². The van der Waals surface area contributed by atoms with Crippen LogP contribution < -0.4 is 15.8 Å². The van der Waals surface area contributed by atoms with Crippen LogP contribution in [0, 0.1) is 13.8 Å². The fourth-order valence-electron chi connectivity index (χ4n) is 2.68. The molecule has 0 fully saturated rings. The first-order chi connectivity index (χ1) is 12.0. The molecule has 3 N–H and O–H groups in total. The van der Waals surface area contributed by atoms with Gasteiger partial charge in [-0.15, -0.1) is 24.0 Å². The van der Waals surface area contributed by atoms with Crippen molar-refractivity contribution in [2.75, 3.05) is 12.4 Å². The highest BCUT2D eigenvalue weighted by molar-refractivity contribution is 14.0. The summed E-state index contributed by atoms with van der Waals surface area (Å²) in [7, 11) is 1.68. The number of aryl methyl sites for hydroxylation is 2. The molecular formula is C21H24IN3O. The summed E-state index contributed by atoms with van der Waals surface area (Å²) in [6.45, 7) is 4.70. The van der Waals surface area contributed by atoms with Crippen molar-refractivity contribution in [1.82, 2.24) is 0 Å². The molecule has 0 unspecified atom stereocenters. The zero-order chi connectivity index (χ0) is 17.8. The van der Waals surface area contributed by atoms with Crippen molar-refractivity contribution in [3.63, 3.8) is 0 Å². The van der Waals surface area contributed by atoms with Gasteiger partial charge in [-0.2, -0.15) is 0 Å². The van der Waals surface area contributed by atoms with Crippen LogP contribution in [0.1, 0.15) is 16.7 Å². The third-order valence-electron chi connectivity index (χ3n) is 4.32. The lowest BCUT2D eigenvalue weighted by atomic mass is 10.1. The zero-order valence-corrected chi connectivity index (χ0v) is 17.6. The Morgan fingerprint density at radius 1 is 0.962 bits per heavy atom. The van der Waals surface area contributed by atoms with Gasteiger partial charge in [0.05, 0.1) is 13.7 Å². The summed E-state index contributed by atoms with van der Waals surface area (Å²) in [5.41, 5.74) is 10.6.